The Morgan fingerprint density at radius 3 is 2.52 bits per heavy atom. The van der Waals surface area contributed by atoms with Gasteiger partial charge in [-0.15, -0.1) is 0 Å². The predicted octanol–water partition coefficient (Wildman–Crippen LogP) is 3.82. The van der Waals surface area contributed by atoms with Gasteiger partial charge in [-0.05, 0) is 37.2 Å². The van der Waals surface area contributed by atoms with E-state index in [0.717, 1.165) is 38.3 Å². The van der Waals surface area contributed by atoms with E-state index in [-0.39, 0.29) is 5.91 Å². The molecular formula is C22H27Cl2N3O2. The topological polar surface area (TPSA) is 44.8 Å². The second-order valence-corrected chi connectivity index (χ2v) is 8.27. The first-order valence-electron chi connectivity index (χ1n) is 9.79. The lowest BCUT2D eigenvalue weighted by Gasteiger charge is -2.32. The van der Waals surface area contributed by atoms with Gasteiger partial charge in [0.25, 0.3) is 5.91 Å². The van der Waals surface area contributed by atoms with Crippen LogP contribution in [0.15, 0.2) is 42.5 Å². The Morgan fingerprint density at radius 1 is 1.07 bits per heavy atom. The van der Waals surface area contributed by atoms with Gasteiger partial charge in [-0.1, -0.05) is 47.5 Å². The molecule has 0 saturated carbocycles. The predicted molar refractivity (Wildman–Crippen MR) is 118 cm³/mol. The van der Waals surface area contributed by atoms with Crippen LogP contribution in [-0.2, 0) is 17.9 Å². The Balaban J connectivity index is 1.49. The maximum Gasteiger partial charge on any atom is 0.261 e. The number of benzene rings is 2. The third-order valence-electron chi connectivity index (χ3n) is 5.03. The normalized spacial score (nSPS) is 16.4. The Hall–Kier alpha value is -1.79. The fourth-order valence-electron chi connectivity index (χ4n) is 3.24. The van der Waals surface area contributed by atoms with Gasteiger partial charge in [0.05, 0.1) is 10.0 Å². The molecule has 3 rings (SSSR count). The number of likely N-dealkylation sites (N-methyl/N-ethyl adjacent to an activating group) is 1. The van der Waals surface area contributed by atoms with Gasteiger partial charge in [-0.25, -0.2) is 0 Å². The van der Waals surface area contributed by atoms with Crippen LogP contribution in [0.1, 0.15) is 18.1 Å². The summed E-state index contributed by atoms with van der Waals surface area (Å²) in [7, 11) is 2.16. The Bertz CT molecular complexity index is 839. The second-order valence-electron chi connectivity index (χ2n) is 7.45. The molecule has 0 aliphatic carbocycles. The van der Waals surface area contributed by atoms with E-state index in [1.54, 1.807) is 25.1 Å². The number of hydrogen-bond donors (Lipinski definition) is 1. The third-order valence-corrected chi connectivity index (χ3v) is 5.77. The number of piperazine rings is 1. The van der Waals surface area contributed by atoms with Crippen molar-refractivity contribution in [1.29, 1.82) is 0 Å². The molecule has 1 saturated heterocycles. The van der Waals surface area contributed by atoms with Gasteiger partial charge >= 0.3 is 0 Å². The fourth-order valence-corrected chi connectivity index (χ4v) is 3.53. The average molecular weight is 436 g/mol. The average Bonchev–Trinajstić information content (AvgIpc) is 2.71. The maximum atomic E-state index is 12.4. The molecule has 0 aromatic heterocycles. The lowest BCUT2D eigenvalue weighted by Crippen LogP contribution is -2.43. The van der Waals surface area contributed by atoms with E-state index in [2.05, 4.69) is 34.3 Å². The molecule has 1 aliphatic heterocycles. The number of carbonyl (C=O) groups excluding carboxylic acids is 1. The third kappa shape index (κ3) is 6.61. The molecular weight excluding hydrogens is 409 g/mol. The van der Waals surface area contributed by atoms with Crippen LogP contribution in [0.2, 0.25) is 10.0 Å². The summed E-state index contributed by atoms with van der Waals surface area (Å²) >= 11 is 11.9. The number of ether oxygens (including phenoxy) is 1. The molecule has 1 aliphatic rings. The van der Waals surface area contributed by atoms with Gasteiger partial charge in [0.1, 0.15) is 5.75 Å². The highest BCUT2D eigenvalue weighted by molar-refractivity contribution is 6.42. The number of nitrogens with zero attached hydrogens (tertiary/aromatic N) is 2. The van der Waals surface area contributed by atoms with E-state index < -0.39 is 6.10 Å². The van der Waals surface area contributed by atoms with Crippen LogP contribution in [0.4, 0.5) is 0 Å². The summed E-state index contributed by atoms with van der Waals surface area (Å²) in [5.74, 6) is 0.330. The van der Waals surface area contributed by atoms with Crippen LogP contribution in [0.5, 0.6) is 5.75 Å². The van der Waals surface area contributed by atoms with Crippen LogP contribution in [0.3, 0.4) is 0 Å². The first kappa shape index (κ1) is 21.9. The first-order valence-corrected chi connectivity index (χ1v) is 10.5. The molecule has 1 amide bonds. The van der Waals surface area contributed by atoms with Crippen LogP contribution in [0.25, 0.3) is 0 Å². The minimum absolute atomic E-state index is 0.180. The lowest BCUT2D eigenvalue weighted by molar-refractivity contribution is -0.127. The molecule has 156 valence electrons. The quantitative estimate of drug-likeness (QED) is 0.717. The zero-order valence-electron chi connectivity index (χ0n) is 16.8. The Labute approximate surface area is 182 Å². The van der Waals surface area contributed by atoms with Crippen molar-refractivity contribution < 1.29 is 9.53 Å². The molecule has 5 nitrogen and oxygen atoms in total. The van der Waals surface area contributed by atoms with E-state index in [1.165, 1.54) is 5.56 Å². The van der Waals surface area contributed by atoms with Crippen molar-refractivity contribution in [2.75, 3.05) is 33.2 Å². The van der Waals surface area contributed by atoms with Crippen LogP contribution in [0, 0.1) is 0 Å². The number of amides is 1. The second kappa shape index (κ2) is 10.3. The molecule has 0 bridgehead atoms. The van der Waals surface area contributed by atoms with Gasteiger partial charge in [0.15, 0.2) is 6.10 Å². The molecule has 29 heavy (non-hydrogen) atoms. The SMILES string of the molecule is CC(Oc1ccc(Cl)c(Cl)c1)C(=O)NCc1cccc(CN2CCN(C)CC2)c1. The molecule has 1 N–H and O–H groups in total. The largest absolute Gasteiger partial charge is 0.481 e. The van der Waals surface area contributed by atoms with E-state index in [0.29, 0.717) is 22.3 Å². The highest BCUT2D eigenvalue weighted by atomic mass is 35.5. The lowest BCUT2D eigenvalue weighted by atomic mass is 10.1. The molecule has 1 heterocycles. The minimum Gasteiger partial charge on any atom is -0.481 e. The first-order chi connectivity index (χ1) is 13.9. The highest BCUT2D eigenvalue weighted by Crippen LogP contribution is 2.26. The van der Waals surface area contributed by atoms with Crippen molar-refractivity contribution in [3.05, 3.63) is 63.6 Å². The van der Waals surface area contributed by atoms with E-state index >= 15 is 0 Å². The summed E-state index contributed by atoms with van der Waals surface area (Å²) in [6.07, 6.45) is -0.638. The fraction of sp³-hybridized carbons (Fsp3) is 0.409. The van der Waals surface area contributed by atoms with Crippen molar-refractivity contribution in [3.63, 3.8) is 0 Å². The molecule has 1 unspecified atom stereocenters. The monoisotopic (exact) mass is 435 g/mol. The summed E-state index contributed by atoms with van der Waals surface area (Å²) in [5, 5.41) is 3.79. The van der Waals surface area contributed by atoms with Crippen LogP contribution in [-0.4, -0.2) is 55.0 Å². The Morgan fingerprint density at radius 2 is 1.79 bits per heavy atom. The molecule has 7 heteroatoms. The maximum absolute atomic E-state index is 12.4. The van der Waals surface area contributed by atoms with Gasteiger partial charge in [0, 0.05) is 45.3 Å². The summed E-state index contributed by atoms with van der Waals surface area (Å²) in [6.45, 7) is 7.49. The zero-order valence-corrected chi connectivity index (χ0v) is 18.3. The van der Waals surface area contributed by atoms with Crippen molar-refractivity contribution in [3.8, 4) is 5.75 Å². The van der Waals surface area contributed by atoms with E-state index in [1.807, 2.05) is 12.1 Å². The van der Waals surface area contributed by atoms with E-state index in [9.17, 15) is 4.79 Å². The highest BCUT2D eigenvalue weighted by Gasteiger charge is 2.16. The standard InChI is InChI=1S/C22H27Cl2N3O2/c1-16(29-19-6-7-20(23)21(24)13-19)22(28)25-14-17-4-3-5-18(12-17)15-27-10-8-26(2)9-11-27/h3-7,12-13,16H,8-11,14-15H2,1-2H3,(H,25,28). The van der Waals surface area contributed by atoms with E-state index in [4.69, 9.17) is 27.9 Å². The number of hydrogen-bond acceptors (Lipinski definition) is 4. The number of rotatable bonds is 7. The van der Waals surface area contributed by atoms with Gasteiger partial charge < -0.3 is 15.0 Å². The van der Waals surface area contributed by atoms with Crippen molar-refractivity contribution in [2.24, 2.45) is 0 Å². The van der Waals surface area contributed by atoms with Crippen molar-refractivity contribution in [2.45, 2.75) is 26.1 Å². The van der Waals surface area contributed by atoms with Crippen LogP contribution >= 0.6 is 23.2 Å². The van der Waals surface area contributed by atoms with Crippen LogP contribution < -0.4 is 10.1 Å². The molecule has 1 atom stereocenters. The molecule has 2 aromatic rings. The molecule has 0 radical (unpaired) electrons. The van der Waals surface area contributed by atoms with Gasteiger partial charge in [-0.2, -0.15) is 0 Å². The Kier molecular flexibility index (Phi) is 7.78. The van der Waals surface area contributed by atoms with Crippen molar-refractivity contribution in [1.82, 2.24) is 15.1 Å². The molecule has 2 aromatic carbocycles. The number of carbonyl (C=O) groups is 1. The summed E-state index contributed by atoms with van der Waals surface area (Å²) in [4.78, 5) is 17.2. The van der Waals surface area contributed by atoms with Gasteiger partial charge in [-0.3, -0.25) is 9.69 Å². The summed E-state index contributed by atoms with van der Waals surface area (Å²) in [6, 6.07) is 13.3. The smallest absolute Gasteiger partial charge is 0.261 e. The number of halogens is 2. The number of nitrogens with one attached hydrogen (secondary N) is 1. The summed E-state index contributed by atoms with van der Waals surface area (Å²) < 4.78 is 5.67. The van der Waals surface area contributed by atoms with Gasteiger partial charge in [0.2, 0.25) is 0 Å². The summed E-state index contributed by atoms with van der Waals surface area (Å²) in [5.41, 5.74) is 2.34. The minimum atomic E-state index is -0.638. The molecule has 1 fully saturated rings. The zero-order chi connectivity index (χ0) is 20.8. The molecule has 0 spiro atoms. The van der Waals surface area contributed by atoms with Crippen molar-refractivity contribution >= 4 is 29.1 Å².